The highest BCUT2D eigenvalue weighted by Crippen LogP contribution is 2.24. The van der Waals surface area contributed by atoms with Crippen molar-refractivity contribution in [3.8, 4) is 22.6 Å². The van der Waals surface area contributed by atoms with Crippen molar-refractivity contribution in [2.24, 2.45) is 0 Å². The molecule has 0 bridgehead atoms. The molecule has 0 saturated heterocycles. The Morgan fingerprint density at radius 2 is 1.03 bits per heavy atom. The first kappa shape index (κ1) is 24.2. The maximum Gasteiger partial charge on any atom is 0.334 e. The van der Waals surface area contributed by atoms with Gasteiger partial charge in [-0.2, -0.15) is 0 Å². The van der Waals surface area contributed by atoms with E-state index in [-0.39, 0.29) is 0 Å². The molecule has 6 heteroatoms. The molecule has 6 nitrogen and oxygen atoms in total. The van der Waals surface area contributed by atoms with Crippen molar-refractivity contribution in [1.82, 2.24) is 0 Å². The van der Waals surface area contributed by atoms with Crippen molar-refractivity contribution < 1.29 is 28.5 Å². The van der Waals surface area contributed by atoms with Gasteiger partial charge in [-0.3, -0.25) is 0 Å². The SMILES string of the molecule is C=CC(=O)OC=CCCOc1ccc(-c2ccc(OCCC=COC(=O)C=C)cc2)cc1. The molecule has 166 valence electrons. The van der Waals surface area contributed by atoms with Crippen molar-refractivity contribution >= 4 is 11.9 Å². The molecule has 0 saturated carbocycles. The summed E-state index contributed by atoms with van der Waals surface area (Å²) in [5.41, 5.74) is 2.12. The fourth-order valence-corrected chi connectivity index (χ4v) is 2.44. The van der Waals surface area contributed by atoms with Crippen LogP contribution >= 0.6 is 0 Å². The molecule has 0 heterocycles. The molecular weight excluding hydrogens is 408 g/mol. The second-order valence-corrected chi connectivity index (χ2v) is 6.35. The van der Waals surface area contributed by atoms with E-state index in [0.29, 0.717) is 26.1 Å². The second kappa shape index (κ2) is 14.0. The van der Waals surface area contributed by atoms with Gasteiger partial charge in [-0.1, -0.05) is 37.4 Å². The predicted molar refractivity (Wildman–Crippen MR) is 123 cm³/mol. The third-order valence-corrected chi connectivity index (χ3v) is 4.04. The molecule has 0 atom stereocenters. The first-order chi connectivity index (χ1) is 15.6. The lowest BCUT2D eigenvalue weighted by atomic mass is 10.1. The van der Waals surface area contributed by atoms with E-state index in [9.17, 15) is 9.59 Å². The normalized spacial score (nSPS) is 10.6. The smallest absolute Gasteiger partial charge is 0.334 e. The van der Waals surface area contributed by atoms with Crippen molar-refractivity contribution in [2.45, 2.75) is 12.8 Å². The molecule has 2 rings (SSSR count). The summed E-state index contributed by atoms with van der Waals surface area (Å²) in [4.78, 5) is 21.8. The minimum atomic E-state index is -0.488. The molecule has 0 aliphatic rings. The number of rotatable bonds is 13. The number of carbonyl (C=O) groups excluding carboxylic acids is 2. The van der Waals surface area contributed by atoms with Crippen LogP contribution in [-0.2, 0) is 19.1 Å². The summed E-state index contributed by atoms with van der Waals surface area (Å²) in [7, 11) is 0. The second-order valence-electron chi connectivity index (χ2n) is 6.35. The Labute approximate surface area is 188 Å². The Hall–Kier alpha value is -4.06. The molecule has 0 N–H and O–H groups in total. The Morgan fingerprint density at radius 1 is 0.656 bits per heavy atom. The Balaban J connectivity index is 1.73. The minimum Gasteiger partial charge on any atom is -0.493 e. The van der Waals surface area contributed by atoms with Gasteiger partial charge in [0.05, 0.1) is 25.7 Å². The summed E-state index contributed by atoms with van der Waals surface area (Å²) in [6, 6.07) is 15.6. The van der Waals surface area contributed by atoms with Crippen LogP contribution in [0.15, 0.2) is 98.5 Å². The summed E-state index contributed by atoms with van der Waals surface area (Å²) in [6.07, 6.45) is 9.54. The van der Waals surface area contributed by atoms with Gasteiger partial charge in [0.2, 0.25) is 0 Å². The number of hydrogen-bond donors (Lipinski definition) is 0. The first-order valence-corrected chi connectivity index (χ1v) is 10.0. The summed E-state index contributed by atoms with van der Waals surface area (Å²) in [6.45, 7) is 7.58. The van der Waals surface area contributed by atoms with E-state index in [4.69, 9.17) is 18.9 Å². The highest BCUT2D eigenvalue weighted by atomic mass is 16.5. The zero-order valence-electron chi connectivity index (χ0n) is 17.8. The van der Waals surface area contributed by atoms with Gasteiger partial charge in [0.1, 0.15) is 11.5 Å². The van der Waals surface area contributed by atoms with E-state index < -0.39 is 11.9 Å². The van der Waals surface area contributed by atoms with Gasteiger partial charge < -0.3 is 18.9 Å². The lowest BCUT2D eigenvalue weighted by Crippen LogP contribution is -1.97. The van der Waals surface area contributed by atoms with Gasteiger partial charge in [-0.15, -0.1) is 0 Å². The molecular formula is C26H26O6. The zero-order valence-corrected chi connectivity index (χ0v) is 17.8. The average molecular weight is 434 g/mol. The van der Waals surface area contributed by atoms with Crippen LogP contribution in [0.25, 0.3) is 11.1 Å². The molecule has 0 spiro atoms. The quantitative estimate of drug-likeness (QED) is 0.182. The predicted octanol–water partition coefficient (Wildman–Crippen LogP) is 5.38. The van der Waals surface area contributed by atoms with Gasteiger partial charge in [0, 0.05) is 25.0 Å². The molecule has 0 aliphatic carbocycles. The molecule has 0 unspecified atom stereocenters. The van der Waals surface area contributed by atoms with Gasteiger partial charge in [-0.25, -0.2) is 9.59 Å². The van der Waals surface area contributed by atoms with Gasteiger partial charge >= 0.3 is 11.9 Å². The summed E-state index contributed by atoms with van der Waals surface area (Å²) >= 11 is 0. The molecule has 2 aromatic carbocycles. The van der Waals surface area contributed by atoms with Crippen molar-refractivity contribution in [3.63, 3.8) is 0 Å². The Bertz CT molecular complexity index is 860. The number of hydrogen-bond acceptors (Lipinski definition) is 6. The van der Waals surface area contributed by atoms with E-state index in [0.717, 1.165) is 34.8 Å². The highest BCUT2D eigenvalue weighted by Gasteiger charge is 2.00. The lowest BCUT2D eigenvalue weighted by Gasteiger charge is -2.08. The summed E-state index contributed by atoms with van der Waals surface area (Å²) in [5.74, 6) is 0.547. The number of carbonyl (C=O) groups is 2. The average Bonchev–Trinajstić information content (AvgIpc) is 2.83. The summed E-state index contributed by atoms with van der Waals surface area (Å²) in [5, 5.41) is 0. The van der Waals surface area contributed by atoms with Crippen LogP contribution in [0.5, 0.6) is 11.5 Å². The summed E-state index contributed by atoms with van der Waals surface area (Å²) < 4.78 is 20.8. The Morgan fingerprint density at radius 3 is 1.38 bits per heavy atom. The van der Waals surface area contributed by atoms with Crippen LogP contribution < -0.4 is 9.47 Å². The molecule has 0 fully saturated rings. The topological polar surface area (TPSA) is 71.1 Å². The highest BCUT2D eigenvalue weighted by molar-refractivity contribution is 5.82. The third-order valence-electron chi connectivity index (χ3n) is 4.04. The molecule has 0 aliphatic heterocycles. The van der Waals surface area contributed by atoms with E-state index in [1.165, 1.54) is 12.5 Å². The standard InChI is InChI=1S/C26H26O6/c1-3-25(27)31-19-7-5-17-29-23-13-9-21(10-14-23)22-11-15-24(16-12-22)30-18-6-8-20-32-26(28)4-2/h3-4,7-16,19-20H,1-2,5-6,17-18H2. The maximum absolute atomic E-state index is 10.9. The maximum atomic E-state index is 10.9. The molecule has 32 heavy (non-hydrogen) atoms. The van der Waals surface area contributed by atoms with Crippen LogP contribution in [0, 0.1) is 0 Å². The third kappa shape index (κ3) is 9.17. The molecule has 0 amide bonds. The fraction of sp³-hybridized carbons (Fsp3) is 0.154. The van der Waals surface area contributed by atoms with E-state index in [1.807, 2.05) is 48.5 Å². The van der Waals surface area contributed by atoms with Gasteiger partial charge in [0.25, 0.3) is 0 Å². The van der Waals surface area contributed by atoms with Crippen LogP contribution in [0.1, 0.15) is 12.8 Å². The number of ether oxygens (including phenoxy) is 4. The van der Waals surface area contributed by atoms with Crippen LogP contribution in [0.3, 0.4) is 0 Å². The van der Waals surface area contributed by atoms with Crippen LogP contribution in [0.4, 0.5) is 0 Å². The van der Waals surface area contributed by atoms with Crippen molar-refractivity contribution in [3.05, 3.63) is 98.5 Å². The molecule has 0 aromatic heterocycles. The molecule has 2 aromatic rings. The van der Waals surface area contributed by atoms with E-state index in [2.05, 4.69) is 13.2 Å². The van der Waals surface area contributed by atoms with Crippen LogP contribution in [0.2, 0.25) is 0 Å². The largest absolute Gasteiger partial charge is 0.493 e. The molecule has 0 radical (unpaired) electrons. The van der Waals surface area contributed by atoms with E-state index >= 15 is 0 Å². The van der Waals surface area contributed by atoms with Crippen molar-refractivity contribution in [2.75, 3.05) is 13.2 Å². The zero-order chi connectivity index (χ0) is 23.0. The number of benzene rings is 2. The van der Waals surface area contributed by atoms with Crippen LogP contribution in [-0.4, -0.2) is 25.2 Å². The van der Waals surface area contributed by atoms with E-state index in [1.54, 1.807) is 12.2 Å². The lowest BCUT2D eigenvalue weighted by molar-refractivity contribution is -0.133. The van der Waals surface area contributed by atoms with Crippen molar-refractivity contribution in [1.29, 1.82) is 0 Å². The van der Waals surface area contributed by atoms with Gasteiger partial charge in [-0.05, 0) is 47.5 Å². The monoisotopic (exact) mass is 434 g/mol. The first-order valence-electron chi connectivity index (χ1n) is 10.0. The minimum absolute atomic E-state index is 0.472. The van der Waals surface area contributed by atoms with Gasteiger partial charge in [0.15, 0.2) is 0 Å². The Kier molecular flexibility index (Phi) is 10.6. The fourth-order valence-electron chi connectivity index (χ4n) is 2.44. The number of esters is 2.